The Kier molecular flexibility index (Phi) is 5.71. The van der Waals surface area contributed by atoms with Crippen molar-refractivity contribution in [2.24, 2.45) is 0 Å². The highest BCUT2D eigenvalue weighted by Gasteiger charge is 2.41. The Morgan fingerprint density at radius 2 is 1.05 bits per heavy atom. The number of nitrogens with zero attached hydrogens (tertiary/aromatic N) is 3. The zero-order chi connectivity index (χ0) is 25.2. The monoisotopic (exact) mass is 485 g/mol. The zero-order valence-electron chi connectivity index (χ0n) is 19.9. The van der Waals surface area contributed by atoms with Gasteiger partial charge in [-0.2, -0.15) is 0 Å². The van der Waals surface area contributed by atoms with E-state index in [0.717, 1.165) is 21.8 Å². The summed E-state index contributed by atoms with van der Waals surface area (Å²) in [6, 6.07) is 37.3. The van der Waals surface area contributed by atoms with Crippen molar-refractivity contribution >= 4 is 11.8 Å². The van der Waals surface area contributed by atoms with Crippen molar-refractivity contribution in [3.05, 3.63) is 161 Å². The third-order valence-corrected chi connectivity index (χ3v) is 6.73. The highest BCUT2D eigenvalue weighted by molar-refractivity contribution is 6.20. The maximum Gasteiger partial charge on any atom is 0.285 e. The molecule has 37 heavy (non-hydrogen) atoms. The number of carbonyl (C=O) groups is 2. The molecule has 0 radical (unpaired) electrons. The van der Waals surface area contributed by atoms with Crippen LogP contribution in [0.5, 0.6) is 0 Å². The van der Waals surface area contributed by atoms with Gasteiger partial charge in [-0.25, -0.2) is 4.98 Å². The average Bonchev–Trinajstić information content (AvgIpc) is 3.52. The van der Waals surface area contributed by atoms with Gasteiger partial charge in [-0.1, -0.05) is 103 Å². The topological polar surface area (TPSA) is 64.4 Å². The molecular formula is C31H23N3O3. The van der Waals surface area contributed by atoms with E-state index in [4.69, 9.17) is 4.84 Å². The normalized spacial score (nSPS) is 13.1. The number of imide groups is 1. The highest BCUT2D eigenvalue weighted by atomic mass is 16.7. The second kappa shape index (κ2) is 9.33. The van der Waals surface area contributed by atoms with Gasteiger partial charge in [-0.15, -0.1) is 5.06 Å². The van der Waals surface area contributed by atoms with E-state index in [1.807, 2.05) is 60.8 Å². The van der Waals surface area contributed by atoms with E-state index in [1.165, 1.54) is 0 Å². The van der Waals surface area contributed by atoms with Crippen LogP contribution in [-0.2, 0) is 17.0 Å². The van der Waals surface area contributed by atoms with Crippen LogP contribution in [0.4, 0.5) is 0 Å². The molecule has 0 saturated carbocycles. The Morgan fingerprint density at radius 3 is 1.51 bits per heavy atom. The highest BCUT2D eigenvalue weighted by Crippen LogP contribution is 2.41. The lowest BCUT2D eigenvalue weighted by molar-refractivity contribution is -0.103. The number of hydrogen-bond acceptors (Lipinski definition) is 4. The number of rotatable bonds is 7. The van der Waals surface area contributed by atoms with Crippen molar-refractivity contribution in [1.82, 2.24) is 14.6 Å². The quantitative estimate of drug-likeness (QED) is 0.227. The molecule has 4 aromatic carbocycles. The molecule has 6 heteroatoms. The van der Waals surface area contributed by atoms with Gasteiger partial charge in [0, 0.05) is 12.4 Å². The fourth-order valence-electron chi connectivity index (χ4n) is 5.11. The molecule has 1 aromatic heterocycles. The molecule has 2 amide bonds. The number of imidazole rings is 1. The van der Waals surface area contributed by atoms with Crippen molar-refractivity contribution in [3.8, 4) is 0 Å². The van der Waals surface area contributed by atoms with Crippen molar-refractivity contribution < 1.29 is 14.4 Å². The van der Waals surface area contributed by atoms with Crippen LogP contribution in [0.3, 0.4) is 0 Å². The van der Waals surface area contributed by atoms with Crippen molar-refractivity contribution in [3.63, 3.8) is 0 Å². The molecule has 0 saturated heterocycles. The molecular weight excluding hydrogens is 462 g/mol. The zero-order valence-corrected chi connectivity index (χ0v) is 19.9. The third kappa shape index (κ3) is 3.66. The van der Waals surface area contributed by atoms with Crippen molar-refractivity contribution in [1.29, 1.82) is 0 Å². The molecule has 180 valence electrons. The largest absolute Gasteiger partial charge is 0.314 e. The average molecular weight is 486 g/mol. The minimum Gasteiger partial charge on any atom is -0.314 e. The van der Waals surface area contributed by atoms with Gasteiger partial charge < -0.3 is 4.57 Å². The summed E-state index contributed by atoms with van der Waals surface area (Å²) >= 11 is 0. The van der Waals surface area contributed by atoms with Gasteiger partial charge in [0.25, 0.3) is 11.8 Å². The lowest BCUT2D eigenvalue weighted by Crippen LogP contribution is -2.39. The number of hydrogen-bond donors (Lipinski definition) is 0. The summed E-state index contributed by atoms with van der Waals surface area (Å²) in [5.41, 5.74) is 3.00. The van der Waals surface area contributed by atoms with Gasteiger partial charge in [0.05, 0.1) is 11.1 Å². The summed E-state index contributed by atoms with van der Waals surface area (Å²) in [7, 11) is 0. The van der Waals surface area contributed by atoms with E-state index in [-0.39, 0.29) is 6.61 Å². The fourth-order valence-corrected chi connectivity index (χ4v) is 5.11. The third-order valence-electron chi connectivity index (χ3n) is 6.73. The van der Waals surface area contributed by atoms with Crippen molar-refractivity contribution in [2.75, 3.05) is 0 Å². The molecule has 0 atom stereocenters. The molecule has 0 unspecified atom stereocenters. The first-order chi connectivity index (χ1) is 18.2. The Balaban J connectivity index is 1.47. The summed E-state index contributed by atoms with van der Waals surface area (Å²) in [5.74, 6) is -0.383. The second-order valence-electron chi connectivity index (χ2n) is 8.75. The first-order valence-electron chi connectivity index (χ1n) is 12.0. The second-order valence-corrected chi connectivity index (χ2v) is 8.75. The van der Waals surface area contributed by atoms with Crippen LogP contribution in [-0.4, -0.2) is 26.4 Å². The Labute approximate surface area is 214 Å². The Morgan fingerprint density at radius 1 is 0.622 bits per heavy atom. The molecule has 0 aliphatic carbocycles. The molecule has 1 aliphatic rings. The van der Waals surface area contributed by atoms with E-state index >= 15 is 0 Å². The number of fused-ring (bicyclic) bond motifs is 1. The van der Waals surface area contributed by atoms with Gasteiger partial charge in [0.2, 0.25) is 0 Å². The van der Waals surface area contributed by atoms with Gasteiger partial charge in [-0.3, -0.25) is 14.4 Å². The molecule has 6 nitrogen and oxygen atoms in total. The lowest BCUT2D eigenvalue weighted by Gasteiger charge is -2.38. The molecule has 0 fully saturated rings. The number of carbonyl (C=O) groups excluding carboxylic acids is 2. The van der Waals surface area contributed by atoms with Crippen LogP contribution in [0.25, 0.3) is 0 Å². The van der Waals surface area contributed by atoms with Gasteiger partial charge in [0.15, 0.2) is 0 Å². The number of hydroxylamine groups is 2. The van der Waals surface area contributed by atoms with Crippen LogP contribution >= 0.6 is 0 Å². The molecule has 0 bridgehead atoms. The lowest BCUT2D eigenvalue weighted by atomic mass is 9.76. The van der Waals surface area contributed by atoms with E-state index in [9.17, 15) is 9.59 Å². The maximum absolute atomic E-state index is 12.9. The SMILES string of the molecule is O=C1c2ccccc2C(=O)N1OCc1nccn1C(c1ccccc1)(c1ccccc1)c1ccccc1. The maximum atomic E-state index is 12.9. The summed E-state index contributed by atoms with van der Waals surface area (Å²) < 4.78 is 2.06. The predicted molar refractivity (Wildman–Crippen MR) is 139 cm³/mol. The number of benzene rings is 4. The predicted octanol–water partition coefficient (Wildman–Crippen LogP) is 5.45. The van der Waals surface area contributed by atoms with E-state index in [2.05, 4.69) is 45.9 Å². The van der Waals surface area contributed by atoms with Crippen LogP contribution in [0, 0.1) is 0 Å². The fraction of sp³-hybridized carbons (Fsp3) is 0.0645. The van der Waals surface area contributed by atoms with E-state index in [1.54, 1.807) is 30.5 Å². The molecule has 0 N–H and O–H groups in total. The van der Waals surface area contributed by atoms with Crippen LogP contribution in [0.2, 0.25) is 0 Å². The Bertz CT molecular complexity index is 1430. The first-order valence-corrected chi connectivity index (χ1v) is 12.0. The standard InChI is InChI=1S/C31H23N3O3/c35-29-26-18-10-11-19-27(26)30(36)34(29)37-22-28-32-20-21-33(28)31(23-12-4-1-5-13-23,24-14-6-2-7-15-24)25-16-8-3-9-17-25/h1-21H,22H2. The van der Waals surface area contributed by atoms with Crippen LogP contribution in [0.1, 0.15) is 43.2 Å². The smallest absolute Gasteiger partial charge is 0.285 e. The molecule has 0 spiro atoms. The van der Waals surface area contributed by atoms with E-state index in [0.29, 0.717) is 17.0 Å². The minimum absolute atomic E-state index is 0.0767. The number of amides is 2. The van der Waals surface area contributed by atoms with Crippen molar-refractivity contribution in [2.45, 2.75) is 12.1 Å². The molecule has 1 aliphatic heterocycles. The van der Waals surface area contributed by atoms with Crippen LogP contribution in [0.15, 0.2) is 128 Å². The summed E-state index contributed by atoms with van der Waals surface area (Å²) in [5, 5.41) is 0.832. The summed E-state index contributed by atoms with van der Waals surface area (Å²) in [6.07, 6.45) is 3.62. The van der Waals surface area contributed by atoms with E-state index < -0.39 is 17.4 Å². The van der Waals surface area contributed by atoms with Gasteiger partial charge in [-0.05, 0) is 28.8 Å². The molecule has 6 rings (SSSR count). The van der Waals surface area contributed by atoms with Gasteiger partial charge in [0.1, 0.15) is 18.0 Å². The summed E-state index contributed by atoms with van der Waals surface area (Å²) in [4.78, 5) is 36.2. The first kappa shape index (κ1) is 22.6. The van der Waals surface area contributed by atoms with Gasteiger partial charge >= 0.3 is 0 Å². The van der Waals surface area contributed by atoms with Crippen LogP contribution < -0.4 is 0 Å². The minimum atomic E-state index is -0.777. The molecule has 2 heterocycles. The number of aromatic nitrogens is 2. The Hall–Kier alpha value is -4.81. The summed E-state index contributed by atoms with van der Waals surface area (Å²) in [6.45, 7) is -0.0767. The molecule has 5 aromatic rings.